The Labute approximate surface area is 106 Å². The van der Waals surface area contributed by atoms with Gasteiger partial charge in [0, 0.05) is 30.9 Å². The maximum atomic E-state index is 11.1. The second-order valence-corrected chi connectivity index (χ2v) is 4.82. The summed E-state index contributed by atoms with van der Waals surface area (Å²) in [6.07, 6.45) is 3.77. The van der Waals surface area contributed by atoms with Crippen molar-refractivity contribution in [3.63, 3.8) is 0 Å². The molecular weight excluding hydrogens is 234 g/mol. The lowest BCUT2D eigenvalue weighted by molar-refractivity contribution is -0.150. The minimum absolute atomic E-state index is 0.258. The van der Waals surface area contributed by atoms with Gasteiger partial charge in [-0.25, -0.2) is 0 Å². The van der Waals surface area contributed by atoms with Crippen LogP contribution in [0.4, 0.5) is 0 Å². The lowest BCUT2D eigenvalue weighted by atomic mass is 10.2. The number of ether oxygens (including phenoxy) is 1. The van der Waals surface area contributed by atoms with Gasteiger partial charge in [-0.1, -0.05) is 0 Å². The summed E-state index contributed by atoms with van der Waals surface area (Å²) in [5.74, 6) is -0.828. The van der Waals surface area contributed by atoms with Crippen molar-refractivity contribution in [2.24, 2.45) is 0 Å². The summed E-state index contributed by atoms with van der Waals surface area (Å²) in [6.45, 7) is 6.21. The predicted octanol–water partition coefficient (Wildman–Crippen LogP) is 0.749. The van der Waals surface area contributed by atoms with Gasteiger partial charge in [0.25, 0.3) is 0 Å². The van der Waals surface area contributed by atoms with Crippen molar-refractivity contribution in [1.82, 2.24) is 14.7 Å². The monoisotopic (exact) mass is 253 g/mol. The van der Waals surface area contributed by atoms with E-state index in [1.165, 1.54) is 0 Å². The molecule has 1 aromatic rings. The van der Waals surface area contributed by atoms with E-state index in [1.807, 2.05) is 15.8 Å². The maximum absolute atomic E-state index is 11.1. The summed E-state index contributed by atoms with van der Waals surface area (Å²) in [5, 5.41) is 13.4. The molecule has 2 heterocycles. The lowest BCUT2D eigenvalue weighted by Gasteiger charge is -2.32. The van der Waals surface area contributed by atoms with Crippen LogP contribution in [0.5, 0.6) is 0 Å². The molecule has 1 unspecified atom stereocenters. The minimum atomic E-state index is -0.828. The topological polar surface area (TPSA) is 67.6 Å². The Kier molecular flexibility index (Phi) is 3.98. The number of aliphatic carboxylic acids is 1. The van der Waals surface area contributed by atoms with E-state index < -0.39 is 12.0 Å². The third-order valence-electron chi connectivity index (χ3n) is 3.09. The molecule has 18 heavy (non-hydrogen) atoms. The van der Waals surface area contributed by atoms with Crippen LogP contribution >= 0.6 is 0 Å². The average molecular weight is 253 g/mol. The first-order chi connectivity index (χ1) is 8.58. The van der Waals surface area contributed by atoms with Crippen LogP contribution < -0.4 is 0 Å². The molecule has 1 atom stereocenters. The van der Waals surface area contributed by atoms with Gasteiger partial charge in [-0.3, -0.25) is 14.4 Å². The van der Waals surface area contributed by atoms with E-state index in [0.717, 1.165) is 5.56 Å². The molecule has 0 saturated carbocycles. The van der Waals surface area contributed by atoms with E-state index >= 15 is 0 Å². The highest BCUT2D eigenvalue weighted by Crippen LogP contribution is 2.13. The summed E-state index contributed by atoms with van der Waals surface area (Å²) in [5.41, 5.74) is 1.04. The Hall–Kier alpha value is -1.40. The van der Waals surface area contributed by atoms with Gasteiger partial charge in [-0.2, -0.15) is 5.10 Å². The Bertz CT molecular complexity index is 416. The van der Waals surface area contributed by atoms with E-state index in [2.05, 4.69) is 18.9 Å². The molecule has 1 N–H and O–H groups in total. The first-order valence-corrected chi connectivity index (χ1v) is 6.15. The number of aromatic nitrogens is 2. The van der Waals surface area contributed by atoms with Crippen molar-refractivity contribution in [3.05, 3.63) is 18.0 Å². The van der Waals surface area contributed by atoms with Crippen LogP contribution in [0.3, 0.4) is 0 Å². The van der Waals surface area contributed by atoms with E-state index in [9.17, 15) is 4.79 Å². The van der Waals surface area contributed by atoms with Gasteiger partial charge in [-0.05, 0) is 13.8 Å². The Morgan fingerprint density at radius 2 is 2.44 bits per heavy atom. The molecular formula is C12H19N3O3. The van der Waals surface area contributed by atoms with E-state index in [0.29, 0.717) is 25.7 Å². The van der Waals surface area contributed by atoms with Gasteiger partial charge in [0.2, 0.25) is 0 Å². The largest absolute Gasteiger partial charge is 0.480 e. The zero-order valence-corrected chi connectivity index (χ0v) is 10.7. The fourth-order valence-electron chi connectivity index (χ4n) is 2.03. The number of carboxylic acid groups (broad SMARTS) is 1. The minimum Gasteiger partial charge on any atom is -0.480 e. The van der Waals surface area contributed by atoms with Crippen LogP contribution in [0.25, 0.3) is 0 Å². The second kappa shape index (κ2) is 5.49. The Morgan fingerprint density at radius 3 is 3.06 bits per heavy atom. The molecule has 6 heteroatoms. The Balaban J connectivity index is 2.03. The van der Waals surface area contributed by atoms with Gasteiger partial charge in [0.05, 0.1) is 19.4 Å². The van der Waals surface area contributed by atoms with Crippen molar-refractivity contribution in [1.29, 1.82) is 0 Å². The molecule has 1 aromatic heterocycles. The first-order valence-electron chi connectivity index (χ1n) is 6.15. The van der Waals surface area contributed by atoms with Gasteiger partial charge >= 0.3 is 5.97 Å². The zero-order valence-electron chi connectivity index (χ0n) is 10.7. The molecule has 0 amide bonds. The van der Waals surface area contributed by atoms with Crippen LogP contribution in [0.2, 0.25) is 0 Å². The van der Waals surface area contributed by atoms with Crippen molar-refractivity contribution < 1.29 is 14.6 Å². The number of hydrogen-bond donors (Lipinski definition) is 1. The second-order valence-electron chi connectivity index (χ2n) is 4.82. The number of carboxylic acids is 1. The Morgan fingerprint density at radius 1 is 1.67 bits per heavy atom. The summed E-state index contributed by atoms with van der Waals surface area (Å²) in [4.78, 5) is 13.1. The van der Waals surface area contributed by atoms with Crippen LogP contribution in [-0.4, -0.2) is 51.6 Å². The van der Waals surface area contributed by atoms with E-state index in [-0.39, 0.29) is 6.61 Å². The summed E-state index contributed by atoms with van der Waals surface area (Å²) in [7, 11) is 0. The van der Waals surface area contributed by atoms with Gasteiger partial charge in [0.15, 0.2) is 0 Å². The van der Waals surface area contributed by atoms with Gasteiger partial charge < -0.3 is 9.84 Å². The number of nitrogens with zero attached hydrogens (tertiary/aromatic N) is 3. The van der Waals surface area contributed by atoms with Gasteiger partial charge in [-0.15, -0.1) is 0 Å². The molecule has 1 aliphatic rings. The third-order valence-corrected chi connectivity index (χ3v) is 3.09. The summed E-state index contributed by atoms with van der Waals surface area (Å²) < 4.78 is 7.09. The highest BCUT2D eigenvalue weighted by Gasteiger charge is 2.29. The first kappa shape index (κ1) is 13.0. The molecule has 100 valence electrons. The fraction of sp³-hybridized carbons (Fsp3) is 0.667. The smallest absolute Gasteiger partial charge is 0.323 e. The molecule has 0 radical (unpaired) electrons. The van der Waals surface area contributed by atoms with Crippen molar-refractivity contribution in [3.8, 4) is 0 Å². The molecule has 0 aliphatic carbocycles. The SMILES string of the molecule is CC(C)n1cc(CN2CCOCC2C(=O)O)cn1. The van der Waals surface area contributed by atoms with Crippen molar-refractivity contribution >= 4 is 5.97 Å². The number of rotatable bonds is 4. The van der Waals surface area contributed by atoms with Crippen molar-refractivity contribution in [2.75, 3.05) is 19.8 Å². The molecule has 6 nitrogen and oxygen atoms in total. The zero-order chi connectivity index (χ0) is 13.1. The molecule has 1 fully saturated rings. The highest BCUT2D eigenvalue weighted by molar-refractivity contribution is 5.73. The van der Waals surface area contributed by atoms with E-state index in [1.54, 1.807) is 6.20 Å². The lowest BCUT2D eigenvalue weighted by Crippen LogP contribution is -2.49. The number of carbonyl (C=O) groups is 1. The summed E-state index contributed by atoms with van der Waals surface area (Å²) in [6, 6.07) is -0.236. The molecule has 2 rings (SSSR count). The molecule has 0 bridgehead atoms. The number of morpholine rings is 1. The standard InChI is InChI=1S/C12H19N3O3/c1-9(2)15-7-10(5-13-15)6-14-3-4-18-8-11(14)12(16)17/h5,7,9,11H,3-4,6,8H2,1-2H3,(H,16,17). The molecule has 1 saturated heterocycles. The summed E-state index contributed by atoms with van der Waals surface area (Å²) >= 11 is 0. The maximum Gasteiger partial charge on any atom is 0.323 e. The highest BCUT2D eigenvalue weighted by atomic mass is 16.5. The quantitative estimate of drug-likeness (QED) is 0.857. The van der Waals surface area contributed by atoms with E-state index in [4.69, 9.17) is 9.84 Å². The average Bonchev–Trinajstić information content (AvgIpc) is 2.78. The number of hydrogen-bond acceptors (Lipinski definition) is 4. The fourth-order valence-corrected chi connectivity index (χ4v) is 2.03. The van der Waals surface area contributed by atoms with Crippen LogP contribution in [0.15, 0.2) is 12.4 Å². The normalized spacial score (nSPS) is 21.4. The molecule has 1 aliphatic heterocycles. The predicted molar refractivity (Wildman–Crippen MR) is 65.3 cm³/mol. The third kappa shape index (κ3) is 2.88. The van der Waals surface area contributed by atoms with Crippen LogP contribution in [0.1, 0.15) is 25.5 Å². The molecule has 0 spiro atoms. The van der Waals surface area contributed by atoms with Crippen LogP contribution in [-0.2, 0) is 16.1 Å². The van der Waals surface area contributed by atoms with Crippen molar-refractivity contribution in [2.45, 2.75) is 32.5 Å². The molecule has 0 aromatic carbocycles. The van der Waals surface area contributed by atoms with Gasteiger partial charge in [0.1, 0.15) is 6.04 Å². The van der Waals surface area contributed by atoms with Crippen LogP contribution in [0, 0.1) is 0 Å².